The standard InChI is InChI=1S/C15H17BrN2O3/c16-11-2-1-3-12(8-11)21-7-6-18-13(19)9-17-15(20)14(18)10-4-5-10/h1-3,8,10,14H,4-7,9H2,(H,17,20). The van der Waals surface area contributed by atoms with E-state index < -0.39 is 0 Å². The van der Waals surface area contributed by atoms with Crippen molar-refractivity contribution in [2.45, 2.75) is 18.9 Å². The van der Waals surface area contributed by atoms with E-state index in [-0.39, 0.29) is 24.4 Å². The molecule has 5 nitrogen and oxygen atoms in total. The second-order valence-electron chi connectivity index (χ2n) is 5.39. The van der Waals surface area contributed by atoms with Crippen molar-refractivity contribution in [2.24, 2.45) is 5.92 Å². The third-order valence-electron chi connectivity index (χ3n) is 3.80. The second-order valence-corrected chi connectivity index (χ2v) is 6.31. The van der Waals surface area contributed by atoms with Crippen LogP contribution in [-0.2, 0) is 9.59 Å². The van der Waals surface area contributed by atoms with Crippen molar-refractivity contribution in [3.63, 3.8) is 0 Å². The van der Waals surface area contributed by atoms with Gasteiger partial charge in [0.15, 0.2) is 0 Å². The third kappa shape index (κ3) is 3.37. The van der Waals surface area contributed by atoms with E-state index in [9.17, 15) is 9.59 Å². The lowest BCUT2D eigenvalue weighted by atomic mass is 10.1. The van der Waals surface area contributed by atoms with Crippen molar-refractivity contribution in [1.82, 2.24) is 10.2 Å². The van der Waals surface area contributed by atoms with Gasteiger partial charge in [0, 0.05) is 4.47 Å². The molecule has 0 bridgehead atoms. The number of nitrogens with one attached hydrogen (secondary N) is 1. The number of hydrogen-bond donors (Lipinski definition) is 1. The van der Waals surface area contributed by atoms with E-state index in [1.165, 1.54) is 0 Å². The summed E-state index contributed by atoms with van der Waals surface area (Å²) in [4.78, 5) is 25.7. The van der Waals surface area contributed by atoms with Crippen molar-refractivity contribution in [1.29, 1.82) is 0 Å². The number of benzene rings is 1. The van der Waals surface area contributed by atoms with E-state index >= 15 is 0 Å². The Morgan fingerprint density at radius 3 is 2.86 bits per heavy atom. The first-order valence-electron chi connectivity index (χ1n) is 7.11. The summed E-state index contributed by atoms with van der Waals surface area (Å²) in [5.74, 6) is 1.02. The number of amides is 2. The van der Waals surface area contributed by atoms with Crippen LogP contribution in [0.2, 0.25) is 0 Å². The summed E-state index contributed by atoms with van der Waals surface area (Å²) >= 11 is 3.39. The molecule has 1 N–H and O–H groups in total. The molecular formula is C15H17BrN2O3. The molecule has 21 heavy (non-hydrogen) atoms. The fraction of sp³-hybridized carbons (Fsp3) is 0.467. The Morgan fingerprint density at radius 2 is 2.14 bits per heavy atom. The number of hydrogen-bond acceptors (Lipinski definition) is 3. The predicted molar refractivity (Wildman–Crippen MR) is 80.9 cm³/mol. The fourth-order valence-electron chi connectivity index (χ4n) is 2.63. The zero-order chi connectivity index (χ0) is 14.8. The largest absolute Gasteiger partial charge is 0.492 e. The first-order valence-corrected chi connectivity index (χ1v) is 7.90. The molecule has 2 fully saturated rings. The highest BCUT2D eigenvalue weighted by Gasteiger charge is 2.44. The van der Waals surface area contributed by atoms with Crippen molar-refractivity contribution < 1.29 is 14.3 Å². The van der Waals surface area contributed by atoms with Gasteiger partial charge in [-0.15, -0.1) is 0 Å². The maximum Gasteiger partial charge on any atom is 0.243 e. The SMILES string of the molecule is O=C1NCC(=O)N(CCOc2cccc(Br)c2)C1C1CC1. The maximum absolute atomic E-state index is 12.0. The van der Waals surface area contributed by atoms with Crippen LogP contribution in [0.4, 0.5) is 0 Å². The molecule has 1 aliphatic heterocycles. The molecule has 2 amide bonds. The third-order valence-corrected chi connectivity index (χ3v) is 4.30. The molecule has 1 heterocycles. The number of carbonyl (C=O) groups is 2. The molecule has 0 aromatic heterocycles. The fourth-order valence-corrected chi connectivity index (χ4v) is 3.01. The summed E-state index contributed by atoms with van der Waals surface area (Å²) in [6.45, 7) is 0.928. The highest BCUT2D eigenvalue weighted by molar-refractivity contribution is 9.10. The van der Waals surface area contributed by atoms with E-state index in [1.807, 2.05) is 24.3 Å². The molecule has 1 saturated heterocycles. The monoisotopic (exact) mass is 352 g/mol. The summed E-state index contributed by atoms with van der Waals surface area (Å²) in [5, 5.41) is 2.67. The summed E-state index contributed by atoms with van der Waals surface area (Å²) in [6.07, 6.45) is 2.04. The normalized spacial score (nSPS) is 22.1. The van der Waals surface area contributed by atoms with Crippen LogP contribution in [0, 0.1) is 5.92 Å². The van der Waals surface area contributed by atoms with Crippen molar-refractivity contribution in [3.05, 3.63) is 28.7 Å². The lowest BCUT2D eigenvalue weighted by molar-refractivity contribution is -0.146. The number of rotatable bonds is 5. The summed E-state index contributed by atoms with van der Waals surface area (Å²) in [7, 11) is 0. The summed E-state index contributed by atoms with van der Waals surface area (Å²) in [6, 6.07) is 7.26. The Hall–Kier alpha value is -1.56. The average Bonchev–Trinajstić information content (AvgIpc) is 3.27. The van der Waals surface area contributed by atoms with Crippen molar-refractivity contribution in [2.75, 3.05) is 19.7 Å². The van der Waals surface area contributed by atoms with Gasteiger partial charge in [-0.25, -0.2) is 0 Å². The number of nitrogens with zero attached hydrogens (tertiary/aromatic N) is 1. The van der Waals surface area contributed by atoms with Gasteiger partial charge in [-0.05, 0) is 37.0 Å². The minimum atomic E-state index is -0.308. The van der Waals surface area contributed by atoms with Gasteiger partial charge < -0.3 is 15.0 Å². The Morgan fingerprint density at radius 1 is 1.33 bits per heavy atom. The molecule has 0 radical (unpaired) electrons. The number of carbonyl (C=O) groups excluding carboxylic acids is 2. The lowest BCUT2D eigenvalue weighted by Crippen LogP contribution is -2.60. The average molecular weight is 353 g/mol. The van der Waals surface area contributed by atoms with Crippen LogP contribution in [-0.4, -0.2) is 42.5 Å². The van der Waals surface area contributed by atoms with E-state index in [4.69, 9.17) is 4.74 Å². The van der Waals surface area contributed by atoms with Gasteiger partial charge in [0.1, 0.15) is 18.4 Å². The molecule has 0 spiro atoms. The van der Waals surface area contributed by atoms with Crippen LogP contribution >= 0.6 is 15.9 Å². The van der Waals surface area contributed by atoms with Gasteiger partial charge >= 0.3 is 0 Å². The highest BCUT2D eigenvalue weighted by atomic mass is 79.9. The first kappa shape index (κ1) is 14.4. The molecule has 1 saturated carbocycles. The Balaban J connectivity index is 1.59. The van der Waals surface area contributed by atoms with Gasteiger partial charge in [0.2, 0.25) is 11.8 Å². The Labute approximate surface area is 131 Å². The van der Waals surface area contributed by atoms with Crippen LogP contribution < -0.4 is 10.1 Å². The topological polar surface area (TPSA) is 58.6 Å². The predicted octanol–water partition coefficient (Wildman–Crippen LogP) is 1.56. The van der Waals surface area contributed by atoms with Gasteiger partial charge in [-0.3, -0.25) is 9.59 Å². The first-order chi connectivity index (χ1) is 10.1. The van der Waals surface area contributed by atoms with E-state index in [0.29, 0.717) is 19.1 Å². The van der Waals surface area contributed by atoms with Gasteiger partial charge in [0.25, 0.3) is 0 Å². The highest BCUT2D eigenvalue weighted by Crippen LogP contribution is 2.36. The molecule has 1 aliphatic carbocycles. The number of ether oxygens (including phenoxy) is 1. The second kappa shape index (κ2) is 6.05. The van der Waals surface area contributed by atoms with E-state index in [0.717, 1.165) is 23.1 Å². The minimum absolute atomic E-state index is 0.0238. The molecule has 1 aromatic rings. The zero-order valence-electron chi connectivity index (χ0n) is 11.5. The van der Waals surface area contributed by atoms with E-state index in [2.05, 4.69) is 21.2 Å². The number of piperazine rings is 1. The van der Waals surface area contributed by atoms with Crippen LogP contribution in [0.5, 0.6) is 5.75 Å². The van der Waals surface area contributed by atoms with Crippen LogP contribution in [0.1, 0.15) is 12.8 Å². The molecule has 3 rings (SSSR count). The molecule has 1 atom stereocenters. The molecule has 2 aliphatic rings. The smallest absolute Gasteiger partial charge is 0.243 e. The van der Waals surface area contributed by atoms with Gasteiger partial charge in [-0.1, -0.05) is 22.0 Å². The quantitative estimate of drug-likeness (QED) is 0.874. The Bertz CT molecular complexity index is 560. The van der Waals surface area contributed by atoms with Crippen molar-refractivity contribution in [3.8, 4) is 5.75 Å². The van der Waals surface area contributed by atoms with Crippen LogP contribution in [0.25, 0.3) is 0 Å². The summed E-state index contributed by atoms with van der Waals surface area (Å²) in [5.41, 5.74) is 0. The van der Waals surface area contributed by atoms with Gasteiger partial charge in [-0.2, -0.15) is 0 Å². The maximum atomic E-state index is 12.0. The van der Waals surface area contributed by atoms with Crippen LogP contribution in [0.3, 0.4) is 0 Å². The molecule has 112 valence electrons. The molecule has 1 unspecified atom stereocenters. The zero-order valence-corrected chi connectivity index (χ0v) is 13.1. The van der Waals surface area contributed by atoms with E-state index in [1.54, 1.807) is 4.90 Å². The summed E-state index contributed by atoms with van der Waals surface area (Å²) < 4.78 is 6.61. The lowest BCUT2D eigenvalue weighted by Gasteiger charge is -2.35. The minimum Gasteiger partial charge on any atom is -0.492 e. The van der Waals surface area contributed by atoms with Crippen molar-refractivity contribution >= 4 is 27.7 Å². The molecule has 1 aromatic carbocycles. The van der Waals surface area contributed by atoms with Gasteiger partial charge in [0.05, 0.1) is 13.1 Å². The molecular weight excluding hydrogens is 336 g/mol. The molecule has 6 heteroatoms. The number of halogens is 1. The van der Waals surface area contributed by atoms with Crippen LogP contribution in [0.15, 0.2) is 28.7 Å². The Kier molecular flexibility index (Phi) is 4.14.